The number of carbonyl (C=O) groups excluding carboxylic acids is 2. The van der Waals surface area contributed by atoms with Crippen LogP contribution in [0.1, 0.15) is 23.0 Å². The minimum Gasteiger partial charge on any atom is -0.478 e. The Morgan fingerprint density at radius 1 is 1.12 bits per heavy atom. The molecule has 2 aromatic carbocycles. The molecule has 1 aromatic heterocycles. The summed E-state index contributed by atoms with van der Waals surface area (Å²) < 4.78 is 45.6. The van der Waals surface area contributed by atoms with Crippen molar-refractivity contribution in [2.24, 2.45) is 0 Å². The van der Waals surface area contributed by atoms with Crippen molar-refractivity contribution in [2.45, 2.75) is 13.1 Å². The number of hydrogen-bond acceptors (Lipinski definition) is 5. The van der Waals surface area contributed by atoms with E-state index in [2.05, 4.69) is 15.7 Å². The second-order valence-corrected chi connectivity index (χ2v) is 7.22. The lowest BCUT2D eigenvalue weighted by molar-refractivity contribution is -0.141. The maximum absolute atomic E-state index is 13.2. The lowest BCUT2D eigenvalue weighted by atomic mass is 10.1. The Labute approximate surface area is 195 Å². The topological polar surface area (TPSA) is 123 Å². The van der Waals surface area contributed by atoms with Gasteiger partial charge in [-0.05, 0) is 30.3 Å². The van der Waals surface area contributed by atoms with E-state index in [1.807, 2.05) is 0 Å². The number of aromatic carboxylic acids is 1. The van der Waals surface area contributed by atoms with Crippen molar-refractivity contribution < 1.29 is 37.4 Å². The van der Waals surface area contributed by atoms with Crippen LogP contribution in [-0.4, -0.2) is 39.3 Å². The summed E-state index contributed by atoms with van der Waals surface area (Å²) in [6.07, 6.45) is -4.78. The number of amides is 2. The van der Waals surface area contributed by atoms with E-state index in [1.165, 1.54) is 37.3 Å². The number of rotatable bonds is 7. The summed E-state index contributed by atoms with van der Waals surface area (Å²) in [5, 5.41) is 17.7. The number of anilines is 2. The molecule has 0 aliphatic rings. The number of hydrogen-bond donors (Lipinski definition) is 3. The number of nitrogens with one attached hydrogen (secondary N) is 2. The Kier molecular flexibility index (Phi) is 7.11. The number of carboxylic acid groups (broad SMARTS) is 1. The molecule has 0 radical (unpaired) electrons. The maximum atomic E-state index is 13.2. The molecule has 0 fully saturated rings. The predicted octanol–water partition coefficient (Wildman–Crippen LogP) is 4.22. The van der Waals surface area contributed by atoms with Crippen LogP contribution in [0.25, 0.3) is 5.69 Å². The minimum absolute atomic E-state index is 0.0943. The van der Waals surface area contributed by atoms with Crippen LogP contribution < -0.4 is 15.4 Å². The fourth-order valence-corrected chi connectivity index (χ4v) is 3.05. The van der Waals surface area contributed by atoms with E-state index in [0.29, 0.717) is 6.07 Å². The number of benzene rings is 2. The van der Waals surface area contributed by atoms with Gasteiger partial charge in [-0.2, -0.15) is 23.0 Å². The van der Waals surface area contributed by atoms with Gasteiger partial charge in [-0.15, -0.1) is 0 Å². The van der Waals surface area contributed by atoms with Gasteiger partial charge in [-0.25, -0.2) is 4.79 Å². The predicted molar refractivity (Wildman–Crippen MR) is 115 cm³/mol. The SMILES string of the molecule is CC(=O)Nc1ccc(NC(=O)COc2cc(C(F)(F)F)nn2-c2ccccc2Cl)c(C(=O)O)c1. The maximum Gasteiger partial charge on any atom is 0.435 e. The van der Waals surface area contributed by atoms with E-state index in [0.717, 1.165) is 10.7 Å². The summed E-state index contributed by atoms with van der Waals surface area (Å²) in [7, 11) is 0. The number of para-hydroxylation sites is 1. The molecule has 0 spiro atoms. The second kappa shape index (κ2) is 9.83. The van der Waals surface area contributed by atoms with Crippen LogP contribution in [0.2, 0.25) is 5.02 Å². The Bertz CT molecular complexity index is 1260. The molecule has 0 unspecified atom stereocenters. The first-order valence-corrected chi connectivity index (χ1v) is 9.83. The van der Waals surface area contributed by atoms with E-state index in [4.69, 9.17) is 16.3 Å². The van der Waals surface area contributed by atoms with Crippen molar-refractivity contribution in [1.82, 2.24) is 9.78 Å². The van der Waals surface area contributed by atoms with Crippen LogP contribution in [0.5, 0.6) is 5.88 Å². The molecule has 1 heterocycles. The largest absolute Gasteiger partial charge is 0.478 e. The standard InChI is InChI=1S/C21H16ClF3N4O5/c1-11(30)26-12-6-7-15(13(8-12)20(32)33)27-18(31)10-34-19-9-17(21(23,24)25)28-29(19)16-5-3-2-4-14(16)22/h2-9H,10H2,1H3,(H,26,30)(H,27,31)(H,32,33). The molecule has 0 saturated heterocycles. The highest BCUT2D eigenvalue weighted by Crippen LogP contribution is 2.33. The van der Waals surface area contributed by atoms with Crippen molar-refractivity contribution >= 4 is 40.8 Å². The van der Waals surface area contributed by atoms with Crippen molar-refractivity contribution in [3.8, 4) is 11.6 Å². The Morgan fingerprint density at radius 3 is 2.44 bits per heavy atom. The average molecular weight is 497 g/mol. The van der Waals surface area contributed by atoms with Gasteiger partial charge in [0.2, 0.25) is 11.8 Å². The van der Waals surface area contributed by atoms with Gasteiger partial charge in [0.1, 0.15) is 0 Å². The number of ether oxygens (including phenoxy) is 1. The van der Waals surface area contributed by atoms with Gasteiger partial charge in [-0.1, -0.05) is 23.7 Å². The number of halogens is 4. The molecule has 0 aliphatic heterocycles. The molecule has 178 valence electrons. The Balaban J connectivity index is 1.81. The molecular weight excluding hydrogens is 481 g/mol. The van der Waals surface area contributed by atoms with E-state index < -0.39 is 42.1 Å². The summed E-state index contributed by atoms with van der Waals surface area (Å²) in [4.78, 5) is 35.1. The second-order valence-electron chi connectivity index (χ2n) is 6.81. The highest BCUT2D eigenvalue weighted by Gasteiger charge is 2.36. The van der Waals surface area contributed by atoms with Crippen LogP contribution >= 0.6 is 11.6 Å². The zero-order valence-corrected chi connectivity index (χ0v) is 18.1. The molecule has 9 nitrogen and oxygen atoms in total. The number of nitrogens with zero attached hydrogens (tertiary/aromatic N) is 2. The lowest BCUT2D eigenvalue weighted by Crippen LogP contribution is -2.22. The summed E-state index contributed by atoms with van der Waals surface area (Å²) in [5.74, 6) is -3.06. The quantitative estimate of drug-likeness (QED) is 0.450. The van der Waals surface area contributed by atoms with Crippen LogP contribution in [0.4, 0.5) is 24.5 Å². The Hall–Kier alpha value is -4.06. The van der Waals surface area contributed by atoms with E-state index in [-0.39, 0.29) is 27.6 Å². The van der Waals surface area contributed by atoms with Gasteiger partial charge in [0.25, 0.3) is 5.91 Å². The number of carboxylic acids is 1. The Morgan fingerprint density at radius 2 is 1.82 bits per heavy atom. The molecular formula is C21H16ClF3N4O5. The normalized spacial score (nSPS) is 11.1. The first-order chi connectivity index (χ1) is 16.0. The van der Waals surface area contributed by atoms with E-state index in [9.17, 15) is 32.7 Å². The molecule has 2 amide bonds. The van der Waals surface area contributed by atoms with Gasteiger partial charge in [0.15, 0.2) is 12.3 Å². The molecule has 0 bridgehead atoms. The highest BCUT2D eigenvalue weighted by atomic mass is 35.5. The third-order valence-electron chi connectivity index (χ3n) is 4.24. The average Bonchev–Trinajstić information content (AvgIpc) is 3.18. The first kappa shape index (κ1) is 24.6. The molecule has 3 N–H and O–H groups in total. The van der Waals surface area contributed by atoms with Crippen molar-refractivity contribution in [3.05, 3.63) is 64.8 Å². The molecule has 3 rings (SSSR count). The monoisotopic (exact) mass is 496 g/mol. The van der Waals surface area contributed by atoms with Crippen LogP contribution in [0.15, 0.2) is 48.5 Å². The fourth-order valence-electron chi connectivity index (χ4n) is 2.84. The molecule has 13 heteroatoms. The minimum atomic E-state index is -4.78. The van der Waals surface area contributed by atoms with Gasteiger partial charge in [-0.3, -0.25) is 9.59 Å². The van der Waals surface area contributed by atoms with Crippen molar-refractivity contribution in [3.63, 3.8) is 0 Å². The smallest absolute Gasteiger partial charge is 0.435 e. The molecule has 34 heavy (non-hydrogen) atoms. The number of alkyl halides is 3. The summed E-state index contributed by atoms with van der Waals surface area (Å²) >= 11 is 6.06. The van der Waals surface area contributed by atoms with E-state index >= 15 is 0 Å². The molecule has 3 aromatic rings. The molecule has 0 aliphatic carbocycles. The fraction of sp³-hybridized carbons (Fsp3) is 0.143. The van der Waals surface area contributed by atoms with Gasteiger partial charge >= 0.3 is 12.1 Å². The summed E-state index contributed by atoms with van der Waals surface area (Å²) in [6, 6.07) is 10.3. The van der Waals surface area contributed by atoms with Crippen molar-refractivity contribution in [1.29, 1.82) is 0 Å². The summed E-state index contributed by atoms with van der Waals surface area (Å²) in [5.41, 5.74) is -1.39. The lowest BCUT2D eigenvalue weighted by Gasteiger charge is -2.12. The third kappa shape index (κ3) is 5.84. The third-order valence-corrected chi connectivity index (χ3v) is 4.56. The van der Waals surface area contributed by atoms with E-state index in [1.54, 1.807) is 6.07 Å². The van der Waals surface area contributed by atoms with Crippen LogP contribution in [0.3, 0.4) is 0 Å². The number of carbonyl (C=O) groups is 3. The highest BCUT2D eigenvalue weighted by molar-refractivity contribution is 6.32. The van der Waals surface area contributed by atoms with Gasteiger partial charge in [0.05, 0.1) is 22.0 Å². The molecule has 0 saturated carbocycles. The summed E-state index contributed by atoms with van der Waals surface area (Å²) in [6.45, 7) is 0.477. The zero-order chi connectivity index (χ0) is 25.0. The molecule has 0 atom stereocenters. The first-order valence-electron chi connectivity index (χ1n) is 9.45. The van der Waals surface area contributed by atoms with Gasteiger partial charge in [0, 0.05) is 18.7 Å². The number of aromatic nitrogens is 2. The van der Waals surface area contributed by atoms with Crippen molar-refractivity contribution in [2.75, 3.05) is 17.2 Å². The van der Waals surface area contributed by atoms with Crippen LogP contribution in [0, 0.1) is 0 Å². The van der Waals surface area contributed by atoms with Crippen LogP contribution in [-0.2, 0) is 15.8 Å². The zero-order valence-electron chi connectivity index (χ0n) is 17.3. The van der Waals surface area contributed by atoms with Gasteiger partial charge < -0.3 is 20.5 Å².